The maximum Gasteiger partial charge on any atom is 0.303 e. The van der Waals surface area contributed by atoms with E-state index in [-0.39, 0.29) is 50.1 Å². The average molecular weight is 483 g/mol. The van der Waals surface area contributed by atoms with Crippen molar-refractivity contribution < 1.29 is 42.9 Å². The monoisotopic (exact) mass is 482 g/mol. The van der Waals surface area contributed by atoms with Gasteiger partial charge in [-0.1, -0.05) is 6.92 Å². The molecular formula is C25H35FO8. The Morgan fingerprint density at radius 2 is 1.71 bits per heavy atom. The smallest absolute Gasteiger partial charge is 0.303 e. The first-order chi connectivity index (χ1) is 15.7. The number of ether oxygens (including phenoxy) is 2. The second-order valence-corrected chi connectivity index (χ2v) is 10.8. The second-order valence-electron chi connectivity index (χ2n) is 10.8. The molecule has 3 aliphatic carbocycles. The van der Waals surface area contributed by atoms with Gasteiger partial charge >= 0.3 is 11.9 Å². The van der Waals surface area contributed by atoms with Crippen molar-refractivity contribution in [3.05, 3.63) is 0 Å². The minimum absolute atomic E-state index is 0.00483. The molecule has 7 atom stereocenters. The Labute approximate surface area is 198 Å². The number of aliphatic hydroxyl groups is 1. The zero-order chi connectivity index (χ0) is 25.7. The quantitative estimate of drug-likeness (QED) is 0.549. The molecule has 0 heterocycles. The van der Waals surface area contributed by atoms with Gasteiger partial charge in [0.2, 0.25) is 5.78 Å². The van der Waals surface area contributed by atoms with E-state index < -0.39 is 64.4 Å². The summed E-state index contributed by atoms with van der Waals surface area (Å²) in [6, 6.07) is 0. The third-order valence-electron chi connectivity index (χ3n) is 8.97. The van der Waals surface area contributed by atoms with E-state index in [9.17, 15) is 29.1 Å². The summed E-state index contributed by atoms with van der Waals surface area (Å²) in [7, 11) is 0. The standard InChI is InChI=1S/C25H35FO8/c1-14(27)8-10-22(4)19(30)7-6-18-17-9-11-24(34-16(3)29,21(32)13-33-15(2)28)23(17,5)12-20(31)25(18,22)26/h17-18,20,31H,6-13H2,1-5H3/t17-,18-,20-,22-,23-,24-,25-/m0/s1. The van der Waals surface area contributed by atoms with Crippen LogP contribution in [0.25, 0.3) is 0 Å². The molecule has 0 spiro atoms. The predicted octanol–water partition coefficient (Wildman–Crippen LogP) is 2.66. The molecule has 0 aliphatic heterocycles. The summed E-state index contributed by atoms with van der Waals surface area (Å²) < 4.78 is 27.7. The van der Waals surface area contributed by atoms with Crippen molar-refractivity contribution in [1.82, 2.24) is 0 Å². The van der Waals surface area contributed by atoms with Crippen LogP contribution in [-0.2, 0) is 33.4 Å². The van der Waals surface area contributed by atoms with Crippen LogP contribution in [0.2, 0.25) is 0 Å². The van der Waals surface area contributed by atoms with E-state index >= 15 is 4.39 Å². The normalized spacial score (nSPS) is 41.3. The molecule has 0 saturated heterocycles. The lowest BCUT2D eigenvalue weighted by Gasteiger charge is -2.61. The van der Waals surface area contributed by atoms with Crippen LogP contribution in [0.1, 0.15) is 79.6 Å². The van der Waals surface area contributed by atoms with Crippen molar-refractivity contribution in [3.63, 3.8) is 0 Å². The van der Waals surface area contributed by atoms with Crippen LogP contribution in [0.5, 0.6) is 0 Å². The maximum absolute atomic E-state index is 17.1. The molecule has 0 radical (unpaired) electrons. The highest BCUT2D eigenvalue weighted by Crippen LogP contribution is 2.69. The summed E-state index contributed by atoms with van der Waals surface area (Å²) in [6.07, 6.45) is -1.08. The number of hydrogen-bond donors (Lipinski definition) is 1. The van der Waals surface area contributed by atoms with Crippen molar-refractivity contribution in [2.45, 2.75) is 96.9 Å². The van der Waals surface area contributed by atoms with E-state index in [2.05, 4.69) is 0 Å². The second kappa shape index (κ2) is 8.81. The van der Waals surface area contributed by atoms with Gasteiger partial charge in [-0.2, -0.15) is 0 Å². The number of carbonyl (C=O) groups excluding carboxylic acids is 5. The molecule has 0 amide bonds. The highest BCUT2D eigenvalue weighted by atomic mass is 19.1. The molecule has 3 fully saturated rings. The highest BCUT2D eigenvalue weighted by molar-refractivity contribution is 5.93. The summed E-state index contributed by atoms with van der Waals surface area (Å²) in [5.41, 5.74) is -6.64. The molecule has 1 N–H and O–H groups in total. The third kappa shape index (κ3) is 3.71. The summed E-state index contributed by atoms with van der Waals surface area (Å²) in [5.74, 6) is -3.68. The number of aliphatic hydroxyl groups excluding tert-OH is 1. The van der Waals surface area contributed by atoms with Crippen molar-refractivity contribution in [1.29, 1.82) is 0 Å². The van der Waals surface area contributed by atoms with Crippen molar-refractivity contribution in [3.8, 4) is 0 Å². The van der Waals surface area contributed by atoms with E-state index in [1.165, 1.54) is 20.8 Å². The van der Waals surface area contributed by atoms with Gasteiger partial charge in [-0.05, 0) is 51.9 Å². The van der Waals surface area contributed by atoms with Crippen LogP contribution in [0.3, 0.4) is 0 Å². The van der Waals surface area contributed by atoms with Gasteiger partial charge in [-0.25, -0.2) is 4.39 Å². The van der Waals surface area contributed by atoms with Gasteiger partial charge in [-0.3, -0.25) is 19.2 Å². The number of esters is 2. The van der Waals surface area contributed by atoms with Gasteiger partial charge in [0.15, 0.2) is 17.9 Å². The lowest BCUT2D eigenvalue weighted by atomic mass is 9.45. The summed E-state index contributed by atoms with van der Waals surface area (Å²) in [5, 5.41) is 11.3. The first kappa shape index (κ1) is 26.4. The number of hydrogen-bond acceptors (Lipinski definition) is 8. The number of ketones is 3. The van der Waals surface area contributed by atoms with Gasteiger partial charge < -0.3 is 19.4 Å². The fraction of sp³-hybridized carbons (Fsp3) is 0.800. The van der Waals surface area contributed by atoms with Gasteiger partial charge in [-0.15, -0.1) is 0 Å². The minimum Gasteiger partial charge on any atom is -0.458 e. The van der Waals surface area contributed by atoms with Crippen molar-refractivity contribution in [2.75, 3.05) is 6.61 Å². The van der Waals surface area contributed by atoms with Crippen LogP contribution in [-0.4, -0.2) is 58.4 Å². The number of Topliss-reactive ketones (excluding diaryl/α,β-unsaturated/α-hetero) is 3. The largest absolute Gasteiger partial charge is 0.458 e. The molecule has 3 aliphatic rings. The molecular weight excluding hydrogens is 447 g/mol. The SMILES string of the molecule is CC(=O)CC[C@@]1(C)C(=O)CC[C@H]2[C@@H]3CC[C@](OC(C)=O)(C(=O)COC(C)=O)[C@@]3(C)C[C@H](O)[C@@]21F. The topological polar surface area (TPSA) is 124 Å². The maximum atomic E-state index is 17.1. The van der Waals surface area contributed by atoms with E-state index in [1.54, 1.807) is 6.92 Å². The minimum atomic E-state index is -2.28. The Morgan fingerprint density at radius 3 is 2.26 bits per heavy atom. The van der Waals surface area contributed by atoms with Crippen molar-refractivity contribution in [2.24, 2.45) is 22.7 Å². The van der Waals surface area contributed by atoms with E-state index in [1.807, 2.05) is 0 Å². The Morgan fingerprint density at radius 1 is 1.06 bits per heavy atom. The Kier molecular flexibility index (Phi) is 6.85. The first-order valence-electron chi connectivity index (χ1n) is 11.9. The number of carbonyl (C=O) groups is 5. The molecule has 3 rings (SSSR count). The molecule has 0 aromatic rings. The molecule has 0 aromatic heterocycles. The van der Waals surface area contributed by atoms with Gasteiger partial charge in [0, 0.05) is 38.0 Å². The number of rotatable bonds is 7. The Hall–Kier alpha value is -2.16. The Bertz CT molecular complexity index is 917. The van der Waals surface area contributed by atoms with Crippen LogP contribution in [0.15, 0.2) is 0 Å². The number of halogens is 1. The van der Waals surface area contributed by atoms with E-state index in [4.69, 9.17) is 9.47 Å². The van der Waals surface area contributed by atoms with Crippen LogP contribution in [0, 0.1) is 22.7 Å². The third-order valence-corrected chi connectivity index (χ3v) is 8.97. The zero-order valence-corrected chi connectivity index (χ0v) is 20.6. The van der Waals surface area contributed by atoms with E-state index in [0.29, 0.717) is 6.42 Å². The van der Waals surface area contributed by atoms with Crippen molar-refractivity contribution >= 4 is 29.3 Å². The molecule has 0 unspecified atom stereocenters. The lowest BCUT2D eigenvalue weighted by molar-refractivity contribution is -0.236. The Balaban J connectivity index is 2.07. The molecule has 0 aromatic carbocycles. The summed E-state index contributed by atoms with van der Waals surface area (Å²) in [4.78, 5) is 61.4. The molecule has 0 bridgehead atoms. The van der Waals surface area contributed by atoms with Crippen LogP contribution >= 0.6 is 0 Å². The number of alkyl halides is 1. The van der Waals surface area contributed by atoms with Crippen LogP contribution in [0.4, 0.5) is 4.39 Å². The van der Waals surface area contributed by atoms with E-state index in [0.717, 1.165) is 6.92 Å². The molecule has 34 heavy (non-hydrogen) atoms. The van der Waals surface area contributed by atoms with Crippen LogP contribution < -0.4 is 0 Å². The molecule has 3 saturated carbocycles. The number of fused-ring (bicyclic) bond motifs is 3. The fourth-order valence-corrected chi connectivity index (χ4v) is 7.25. The predicted molar refractivity (Wildman–Crippen MR) is 117 cm³/mol. The zero-order valence-electron chi connectivity index (χ0n) is 20.6. The van der Waals surface area contributed by atoms with Gasteiger partial charge in [0.25, 0.3) is 0 Å². The summed E-state index contributed by atoms with van der Waals surface area (Å²) >= 11 is 0. The summed E-state index contributed by atoms with van der Waals surface area (Å²) in [6.45, 7) is 6.33. The molecule has 190 valence electrons. The average Bonchev–Trinajstić information content (AvgIpc) is 3.01. The molecule has 9 heteroatoms. The fourth-order valence-electron chi connectivity index (χ4n) is 7.25. The molecule has 8 nitrogen and oxygen atoms in total. The highest BCUT2D eigenvalue weighted by Gasteiger charge is 2.76. The first-order valence-corrected chi connectivity index (χ1v) is 11.9. The van der Waals surface area contributed by atoms with Gasteiger partial charge in [0.1, 0.15) is 11.6 Å². The van der Waals surface area contributed by atoms with Gasteiger partial charge in [0.05, 0.1) is 11.5 Å². The lowest BCUT2D eigenvalue weighted by Crippen LogP contribution is -2.71.